The van der Waals surface area contributed by atoms with Crippen molar-refractivity contribution >= 4 is 23.7 Å². The summed E-state index contributed by atoms with van der Waals surface area (Å²) in [7, 11) is 1.39. The van der Waals surface area contributed by atoms with Crippen molar-refractivity contribution in [3.63, 3.8) is 0 Å². The second-order valence-electron chi connectivity index (χ2n) is 6.30. The lowest BCUT2D eigenvalue weighted by molar-refractivity contribution is -0.140. The van der Waals surface area contributed by atoms with E-state index < -0.39 is 36.3 Å². The molecule has 1 amide bonds. The van der Waals surface area contributed by atoms with Gasteiger partial charge in [0.15, 0.2) is 5.79 Å². The van der Waals surface area contributed by atoms with Crippen LogP contribution in [-0.4, -0.2) is 35.7 Å². The van der Waals surface area contributed by atoms with E-state index in [1.807, 2.05) is 5.32 Å². The molecule has 1 atom stereocenters. The first kappa shape index (κ1) is 20.0. The van der Waals surface area contributed by atoms with Crippen molar-refractivity contribution in [3.8, 4) is 5.75 Å². The minimum absolute atomic E-state index is 0.324. The van der Waals surface area contributed by atoms with Gasteiger partial charge in [0.1, 0.15) is 11.4 Å². The highest BCUT2D eigenvalue weighted by atomic mass is 35.5. The number of carboxylic acids is 1. The van der Waals surface area contributed by atoms with Gasteiger partial charge in [-0.05, 0) is 39.0 Å². The number of benzene rings is 1. The third kappa shape index (κ3) is 6.62. The number of amides is 1. The maximum absolute atomic E-state index is 15.1. The Morgan fingerprint density at radius 3 is 2.46 bits per heavy atom. The van der Waals surface area contributed by atoms with Gasteiger partial charge in [-0.15, -0.1) is 0 Å². The highest BCUT2D eigenvalue weighted by Crippen LogP contribution is 2.29. The van der Waals surface area contributed by atoms with Gasteiger partial charge < -0.3 is 14.6 Å². The first-order chi connectivity index (χ1) is 10.9. The molecule has 1 aromatic rings. The van der Waals surface area contributed by atoms with Crippen molar-refractivity contribution in [3.05, 3.63) is 28.8 Å². The summed E-state index contributed by atoms with van der Waals surface area (Å²) in [4.78, 5) is 22.8. The number of carbonyl (C=O) groups is 2. The van der Waals surface area contributed by atoms with Crippen LogP contribution >= 0.6 is 11.6 Å². The lowest BCUT2D eigenvalue weighted by atomic mass is 10.00. The number of hydrogen-bond acceptors (Lipinski definition) is 4. The van der Waals surface area contributed by atoms with Gasteiger partial charge >= 0.3 is 12.1 Å². The fraction of sp³-hybridized carbons (Fsp3) is 0.500. The number of halogens is 2. The van der Waals surface area contributed by atoms with Crippen molar-refractivity contribution in [2.24, 2.45) is 0 Å². The Hall–Kier alpha value is -2.02. The van der Waals surface area contributed by atoms with Gasteiger partial charge in [-0.25, -0.2) is 9.18 Å². The number of alkyl halides is 1. The monoisotopic (exact) mass is 361 g/mol. The van der Waals surface area contributed by atoms with Crippen LogP contribution in [0.3, 0.4) is 0 Å². The van der Waals surface area contributed by atoms with Crippen LogP contribution < -0.4 is 10.1 Å². The quantitative estimate of drug-likeness (QED) is 0.757. The van der Waals surface area contributed by atoms with E-state index in [9.17, 15) is 9.59 Å². The first-order valence-electron chi connectivity index (χ1n) is 7.18. The second kappa shape index (κ2) is 7.70. The fourth-order valence-corrected chi connectivity index (χ4v) is 2.26. The minimum atomic E-state index is -2.56. The van der Waals surface area contributed by atoms with Crippen LogP contribution in [0.5, 0.6) is 5.75 Å². The molecule has 0 aliphatic heterocycles. The van der Waals surface area contributed by atoms with Crippen molar-refractivity contribution in [2.45, 2.75) is 45.0 Å². The van der Waals surface area contributed by atoms with Crippen molar-refractivity contribution < 1.29 is 28.6 Å². The number of hydrogen-bond donors (Lipinski definition) is 2. The summed E-state index contributed by atoms with van der Waals surface area (Å²) in [6, 6.07) is 4.54. The number of carboxylic acid groups (broad SMARTS) is 1. The van der Waals surface area contributed by atoms with Gasteiger partial charge in [-0.3, -0.25) is 10.1 Å². The van der Waals surface area contributed by atoms with E-state index in [1.54, 1.807) is 26.8 Å². The lowest BCUT2D eigenvalue weighted by Crippen LogP contribution is -2.49. The van der Waals surface area contributed by atoms with Crippen LogP contribution in [0.25, 0.3) is 0 Å². The fourth-order valence-electron chi connectivity index (χ4n) is 2.06. The summed E-state index contributed by atoms with van der Waals surface area (Å²) in [5.41, 5.74) is -0.521. The van der Waals surface area contributed by atoms with E-state index >= 15 is 4.39 Å². The van der Waals surface area contributed by atoms with Gasteiger partial charge in [-0.2, -0.15) is 0 Å². The van der Waals surface area contributed by atoms with Crippen LogP contribution in [0, 0.1) is 0 Å². The minimum Gasteiger partial charge on any atom is -0.496 e. The molecule has 0 saturated carbocycles. The molecule has 1 unspecified atom stereocenters. The van der Waals surface area contributed by atoms with Gasteiger partial charge in [0.2, 0.25) is 0 Å². The summed E-state index contributed by atoms with van der Waals surface area (Å²) >= 11 is 5.89. The molecule has 0 spiro atoms. The number of ether oxygens (including phenoxy) is 2. The molecule has 0 aromatic heterocycles. The third-order valence-electron chi connectivity index (χ3n) is 2.87. The van der Waals surface area contributed by atoms with E-state index in [0.29, 0.717) is 16.3 Å². The first-order valence-corrected chi connectivity index (χ1v) is 7.56. The average Bonchev–Trinajstić information content (AvgIpc) is 2.34. The third-order valence-corrected chi connectivity index (χ3v) is 3.10. The predicted molar refractivity (Wildman–Crippen MR) is 87.2 cm³/mol. The maximum Gasteiger partial charge on any atom is 0.410 e. The summed E-state index contributed by atoms with van der Waals surface area (Å²) < 4.78 is 25.2. The standard InChI is InChI=1S/C16H21ClFNO5/c1-15(2,3)24-14(22)19-16(18,9-13(20)21)8-10-7-11(17)5-6-12(10)23-4/h5-7H,8-9H2,1-4H3,(H,19,22)(H,20,21). The number of nitrogens with one attached hydrogen (secondary N) is 1. The topological polar surface area (TPSA) is 84.9 Å². The molecule has 134 valence electrons. The summed E-state index contributed by atoms with van der Waals surface area (Å²) in [5.74, 6) is -3.64. The predicted octanol–water partition coefficient (Wildman–Crippen LogP) is 3.56. The Balaban J connectivity index is 3.06. The van der Waals surface area contributed by atoms with Crippen LogP contribution in [0.2, 0.25) is 5.02 Å². The van der Waals surface area contributed by atoms with E-state index in [0.717, 1.165) is 0 Å². The van der Waals surface area contributed by atoms with E-state index in [1.165, 1.54) is 19.2 Å². The van der Waals surface area contributed by atoms with Crippen LogP contribution in [0.4, 0.5) is 9.18 Å². The zero-order chi connectivity index (χ0) is 18.5. The Morgan fingerprint density at radius 2 is 1.96 bits per heavy atom. The number of alkyl carbamates (subject to hydrolysis) is 1. The van der Waals surface area contributed by atoms with E-state index in [4.69, 9.17) is 26.2 Å². The molecule has 6 nitrogen and oxygen atoms in total. The van der Waals surface area contributed by atoms with E-state index in [2.05, 4.69) is 0 Å². The largest absolute Gasteiger partial charge is 0.496 e. The molecule has 24 heavy (non-hydrogen) atoms. The Kier molecular flexibility index (Phi) is 6.42. The number of rotatable bonds is 6. The molecule has 0 radical (unpaired) electrons. The van der Waals surface area contributed by atoms with Gasteiger partial charge in [-0.1, -0.05) is 11.6 Å². The molecule has 0 fully saturated rings. The molecule has 0 bridgehead atoms. The van der Waals surface area contributed by atoms with Gasteiger partial charge in [0, 0.05) is 17.0 Å². The van der Waals surface area contributed by atoms with Crippen molar-refractivity contribution in [1.29, 1.82) is 0 Å². The SMILES string of the molecule is COc1ccc(Cl)cc1CC(F)(CC(=O)O)NC(=O)OC(C)(C)C. The molecule has 0 saturated heterocycles. The second-order valence-corrected chi connectivity index (χ2v) is 6.73. The lowest BCUT2D eigenvalue weighted by Gasteiger charge is -2.28. The summed E-state index contributed by atoms with van der Waals surface area (Å²) in [6.45, 7) is 4.84. The molecular formula is C16H21ClFNO5. The summed E-state index contributed by atoms with van der Waals surface area (Å²) in [6.07, 6.45) is -2.43. The molecule has 1 aromatic carbocycles. The smallest absolute Gasteiger partial charge is 0.410 e. The molecule has 1 rings (SSSR count). The Bertz CT molecular complexity index is 617. The van der Waals surface area contributed by atoms with E-state index in [-0.39, 0.29) is 0 Å². The van der Waals surface area contributed by atoms with Crippen LogP contribution in [0.1, 0.15) is 32.8 Å². The zero-order valence-electron chi connectivity index (χ0n) is 14.0. The van der Waals surface area contributed by atoms with Gasteiger partial charge in [0.05, 0.1) is 13.5 Å². The number of carbonyl (C=O) groups excluding carboxylic acids is 1. The molecule has 0 heterocycles. The molecule has 0 aliphatic carbocycles. The Labute approximate surface area is 144 Å². The van der Waals surface area contributed by atoms with Gasteiger partial charge in [0.25, 0.3) is 0 Å². The van der Waals surface area contributed by atoms with Crippen molar-refractivity contribution in [2.75, 3.05) is 7.11 Å². The summed E-state index contributed by atoms with van der Waals surface area (Å²) in [5, 5.41) is 11.3. The molecule has 8 heteroatoms. The molecule has 0 aliphatic rings. The number of methoxy groups -OCH3 is 1. The highest BCUT2D eigenvalue weighted by Gasteiger charge is 2.37. The maximum atomic E-state index is 15.1. The molecule has 2 N–H and O–H groups in total. The van der Waals surface area contributed by atoms with Crippen molar-refractivity contribution in [1.82, 2.24) is 5.32 Å². The zero-order valence-corrected chi connectivity index (χ0v) is 14.7. The highest BCUT2D eigenvalue weighted by molar-refractivity contribution is 6.30. The Morgan fingerprint density at radius 1 is 1.33 bits per heavy atom. The average molecular weight is 362 g/mol. The molecular weight excluding hydrogens is 341 g/mol. The number of aliphatic carboxylic acids is 1. The van der Waals surface area contributed by atoms with Crippen LogP contribution in [-0.2, 0) is 16.0 Å². The van der Waals surface area contributed by atoms with Crippen LogP contribution in [0.15, 0.2) is 18.2 Å². The normalized spacial score (nSPS) is 13.8.